The summed E-state index contributed by atoms with van der Waals surface area (Å²) in [5, 5.41) is 4.04. The third kappa shape index (κ3) is 3.58. The highest BCUT2D eigenvalue weighted by molar-refractivity contribution is 5.85. The van der Waals surface area contributed by atoms with E-state index in [2.05, 4.69) is 10.5 Å². The molecule has 1 aromatic carbocycles. The maximum absolute atomic E-state index is 12.2. The number of carbonyl (C=O) groups is 2. The highest BCUT2D eigenvalue weighted by atomic mass is 16.6. The predicted molar refractivity (Wildman–Crippen MR) is 89.0 cm³/mol. The minimum absolute atomic E-state index is 0.0200. The molecule has 0 saturated heterocycles. The number of hydrogen-bond acceptors (Lipinski definition) is 5. The lowest BCUT2D eigenvalue weighted by molar-refractivity contribution is -0.132. The van der Waals surface area contributed by atoms with Crippen LogP contribution in [0.25, 0.3) is 0 Å². The van der Waals surface area contributed by atoms with Gasteiger partial charge in [0.2, 0.25) is 5.91 Å². The number of fused-ring (bicyclic) bond motifs is 1. The number of methoxy groups -OCH3 is 1. The summed E-state index contributed by atoms with van der Waals surface area (Å²) >= 11 is 0. The number of esters is 1. The second-order valence-corrected chi connectivity index (χ2v) is 6.38. The van der Waals surface area contributed by atoms with Gasteiger partial charge in [-0.2, -0.15) is 5.10 Å². The maximum atomic E-state index is 12.2. The van der Waals surface area contributed by atoms with Crippen LogP contribution in [0.1, 0.15) is 38.2 Å². The number of rotatable bonds is 5. The second kappa shape index (κ2) is 7.03. The Morgan fingerprint density at radius 2 is 1.92 bits per heavy atom. The van der Waals surface area contributed by atoms with Crippen LogP contribution < -0.4 is 14.9 Å². The molecule has 2 atom stereocenters. The molecule has 0 spiro atoms. The number of ether oxygens (including phenoxy) is 2. The number of benzene rings is 1. The SMILES string of the molecule is COc1cc(/C=N\NC(=O)C2[C@H]3CCCC[C@H]23)ccc1OC(C)=O. The lowest BCUT2D eigenvalue weighted by atomic mass is 10.0. The Bertz CT molecular complexity index is 659. The smallest absolute Gasteiger partial charge is 0.308 e. The van der Waals surface area contributed by atoms with Crippen LogP contribution in [0.5, 0.6) is 11.5 Å². The van der Waals surface area contributed by atoms with Crippen LogP contribution in [0, 0.1) is 17.8 Å². The van der Waals surface area contributed by atoms with Crippen LogP contribution in [0.2, 0.25) is 0 Å². The average Bonchev–Trinajstić information content (AvgIpc) is 3.30. The summed E-state index contributed by atoms with van der Waals surface area (Å²) in [5.74, 6) is 1.68. The third-order valence-electron chi connectivity index (χ3n) is 4.79. The van der Waals surface area contributed by atoms with E-state index in [9.17, 15) is 9.59 Å². The zero-order valence-electron chi connectivity index (χ0n) is 14.0. The van der Waals surface area contributed by atoms with Gasteiger partial charge < -0.3 is 9.47 Å². The summed E-state index contributed by atoms with van der Waals surface area (Å²) in [7, 11) is 1.50. The molecule has 0 bridgehead atoms. The fraction of sp³-hybridized carbons (Fsp3) is 0.500. The topological polar surface area (TPSA) is 77.0 Å². The molecule has 128 valence electrons. The van der Waals surface area contributed by atoms with E-state index in [1.807, 2.05) is 0 Å². The molecule has 1 amide bonds. The van der Waals surface area contributed by atoms with Crippen molar-refractivity contribution in [3.05, 3.63) is 23.8 Å². The highest BCUT2D eigenvalue weighted by Gasteiger charge is 2.54. The first kappa shape index (κ1) is 16.5. The van der Waals surface area contributed by atoms with Crippen molar-refractivity contribution >= 4 is 18.1 Å². The normalized spacial score (nSPS) is 25.0. The fourth-order valence-corrected chi connectivity index (χ4v) is 3.63. The van der Waals surface area contributed by atoms with Gasteiger partial charge in [-0.15, -0.1) is 0 Å². The van der Waals surface area contributed by atoms with E-state index in [0.29, 0.717) is 23.3 Å². The largest absolute Gasteiger partial charge is 0.493 e. The van der Waals surface area contributed by atoms with Crippen LogP contribution in [0.4, 0.5) is 0 Å². The Morgan fingerprint density at radius 3 is 2.54 bits per heavy atom. The Labute approximate surface area is 141 Å². The van der Waals surface area contributed by atoms with Gasteiger partial charge in [0.15, 0.2) is 11.5 Å². The lowest BCUT2D eigenvalue weighted by Gasteiger charge is -2.08. The van der Waals surface area contributed by atoms with Crippen molar-refractivity contribution in [2.75, 3.05) is 7.11 Å². The zero-order chi connectivity index (χ0) is 17.1. The zero-order valence-corrected chi connectivity index (χ0v) is 14.0. The van der Waals surface area contributed by atoms with E-state index >= 15 is 0 Å². The van der Waals surface area contributed by atoms with E-state index in [1.54, 1.807) is 24.4 Å². The van der Waals surface area contributed by atoms with Crippen LogP contribution in [0.15, 0.2) is 23.3 Å². The second-order valence-electron chi connectivity index (χ2n) is 6.38. The van der Waals surface area contributed by atoms with Crippen molar-refractivity contribution in [1.82, 2.24) is 5.43 Å². The van der Waals surface area contributed by atoms with Crippen molar-refractivity contribution in [3.63, 3.8) is 0 Å². The molecule has 2 aliphatic rings. The van der Waals surface area contributed by atoms with Gasteiger partial charge in [0.1, 0.15) is 0 Å². The van der Waals surface area contributed by atoms with Crippen LogP contribution in [-0.2, 0) is 9.59 Å². The standard InChI is InChI=1S/C18H22N2O4/c1-11(21)24-15-8-7-12(9-16(15)23-2)10-19-20-18(22)17-13-5-3-4-6-14(13)17/h7-10,13-14,17H,3-6H2,1-2H3,(H,20,22)/b19-10-/t13-,14-/m0/s1. The Balaban J connectivity index is 1.58. The molecule has 2 saturated carbocycles. The van der Waals surface area contributed by atoms with Crippen LogP contribution >= 0.6 is 0 Å². The summed E-state index contributed by atoms with van der Waals surface area (Å²) < 4.78 is 10.3. The summed E-state index contributed by atoms with van der Waals surface area (Å²) in [4.78, 5) is 23.2. The first-order valence-corrected chi connectivity index (χ1v) is 8.29. The molecule has 2 fully saturated rings. The molecule has 0 aromatic heterocycles. The molecular weight excluding hydrogens is 308 g/mol. The van der Waals surface area contributed by atoms with Crippen molar-refractivity contribution in [1.29, 1.82) is 0 Å². The number of hydrogen-bond donors (Lipinski definition) is 1. The average molecular weight is 330 g/mol. The monoisotopic (exact) mass is 330 g/mol. The molecule has 1 aromatic rings. The Hall–Kier alpha value is -2.37. The predicted octanol–water partition coefficient (Wildman–Crippen LogP) is 2.51. The first-order valence-electron chi connectivity index (χ1n) is 8.29. The van der Waals surface area contributed by atoms with Crippen molar-refractivity contribution < 1.29 is 19.1 Å². The Morgan fingerprint density at radius 1 is 1.21 bits per heavy atom. The van der Waals surface area contributed by atoms with Crippen molar-refractivity contribution in [3.8, 4) is 11.5 Å². The highest BCUT2D eigenvalue weighted by Crippen LogP contribution is 2.55. The maximum Gasteiger partial charge on any atom is 0.308 e. The van der Waals surface area contributed by atoms with Crippen molar-refractivity contribution in [2.24, 2.45) is 22.9 Å². The molecule has 3 rings (SSSR count). The van der Waals surface area contributed by atoms with Crippen molar-refractivity contribution in [2.45, 2.75) is 32.6 Å². The van der Waals surface area contributed by atoms with Crippen LogP contribution in [0.3, 0.4) is 0 Å². The molecule has 0 unspecified atom stereocenters. The minimum Gasteiger partial charge on any atom is -0.493 e. The van der Waals surface area contributed by atoms with E-state index in [4.69, 9.17) is 9.47 Å². The molecule has 0 radical (unpaired) electrons. The summed E-state index contributed by atoms with van der Waals surface area (Å²) in [6.45, 7) is 1.33. The molecule has 2 aliphatic carbocycles. The van der Waals surface area contributed by atoms with Gasteiger partial charge in [-0.25, -0.2) is 5.43 Å². The number of nitrogens with zero attached hydrogens (tertiary/aromatic N) is 1. The fourth-order valence-electron chi connectivity index (χ4n) is 3.63. The summed E-state index contributed by atoms with van der Waals surface area (Å²) in [6, 6.07) is 5.08. The number of amides is 1. The first-order chi connectivity index (χ1) is 11.6. The molecule has 0 aliphatic heterocycles. The van der Waals surface area contributed by atoms with E-state index < -0.39 is 5.97 Å². The van der Waals surface area contributed by atoms with Crippen LogP contribution in [-0.4, -0.2) is 25.2 Å². The van der Waals surface area contributed by atoms with Gasteiger partial charge in [0, 0.05) is 12.8 Å². The van der Waals surface area contributed by atoms with Gasteiger partial charge in [-0.3, -0.25) is 9.59 Å². The molecule has 24 heavy (non-hydrogen) atoms. The van der Waals surface area contributed by atoms with Gasteiger partial charge in [0.25, 0.3) is 0 Å². The molecule has 0 heterocycles. The summed E-state index contributed by atoms with van der Waals surface area (Å²) in [6.07, 6.45) is 6.37. The van der Waals surface area contributed by atoms with E-state index in [1.165, 1.54) is 39.7 Å². The van der Waals surface area contributed by atoms with Gasteiger partial charge in [-0.1, -0.05) is 12.8 Å². The van der Waals surface area contributed by atoms with E-state index in [-0.39, 0.29) is 11.8 Å². The molecule has 1 N–H and O–H groups in total. The molecular formula is C18H22N2O4. The van der Waals surface area contributed by atoms with Gasteiger partial charge in [0.05, 0.1) is 13.3 Å². The molecule has 6 heteroatoms. The lowest BCUT2D eigenvalue weighted by Crippen LogP contribution is -2.20. The van der Waals surface area contributed by atoms with Gasteiger partial charge in [-0.05, 0) is 48.4 Å². The Kier molecular flexibility index (Phi) is 4.83. The summed E-state index contributed by atoms with van der Waals surface area (Å²) in [5.41, 5.74) is 3.38. The number of nitrogens with one attached hydrogen (secondary N) is 1. The number of carbonyl (C=O) groups excluding carboxylic acids is 2. The number of hydrazone groups is 1. The quantitative estimate of drug-likeness (QED) is 0.389. The van der Waals surface area contributed by atoms with E-state index in [0.717, 1.165) is 5.56 Å². The van der Waals surface area contributed by atoms with Gasteiger partial charge >= 0.3 is 5.97 Å². The third-order valence-corrected chi connectivity index (χ3v) is 4.79. The molecule has 6 nitrogen and oxygen atoms in total. The minimum atomic E-state index is -0.409.